The minimum Gasteiger partial charge on any atom is -0.466 e. The maximum Gasteiger partial charge on any atom is 0.310 e. The Morgan fingerprint density at radius 2 is 2.32 bits per heavy atom. The van der Waals surface area contributed by atoms with Crippen molar-refractivity contribution in [3.05, 3.63) is 29.6 Å². The first kappa shape index (κ1) is 21.7. The number of nitrogens with one attached hydrogen (secondary N) is 1. The van der Waals surface area contributed by atoms with Crippen LogP contribution in [0.5, 0.6) is 0 Å². The molecule has 1 saturated heterocycles. The summed E-state index contributed by atoms with van der Waals surface area (Å²) >= 11 is 0. The molecule has 0 amide bonds. The molecule has 1 aromatic rings. The topological polar surface area (TPSA) is 66.8 Å². The van der Waals surface area contributed by atoms with E-state index in [0.717, 1.165) is 38.3 Å². The van der Waals surface area contributed by atoms with Crippen LogP contribution >= 0.6 is 24.0 Å². The van der Waals surface area contributed by atoms with Crippen LogP contribution in [0.3, 0.4) is 0 Å². The number of nitrogens with zero attached hydrogens (tertiary/aromatic N) is 3. The van der Waals surface area contributed by atoms with E-state index in [0.29, 0.717) is 13.2 Å². The first-order valence-electron chi connectivity index (χ1n) is 8.67. The van der Waals surface area contributed by atoms with Gasteiger partial charge in [-0.2, -0.15) is 0 Å². The Morgan fingerprint density at radius 3 is 3.00 bits per heavy atom. The normalized spacial score (nSPS) is 17.6. The quantitative estimate of drug-likeness (QED) is 0.317. The Hall–Kier alpha value is -1.38. The molecule has 2 rings (SSSR count). The molecule has 0 bridgehead atoms. The number of likely N-dealkylation sites (tertiary alicyclic amines) is 1. The Morgan fingerprint density at radius 1 is 1.52 bits per heavy atom. The third-order valence-corrected chi connectivity index (χ3v) is 4.37. The fourth-order valence-corrected chi connectivity index (χ4v) is 3.05. The number of halogens is 1. The maximum atomic E-state index is 12.0. The molecule has 6 nitrogen and oxygen atoms in total. The van der Waals surface area contributed by atoms with Crippen LogP contribution in [-0.4, -0.2) is 55.1 Å². The molecule has 0 saturated carbocycles. The van der Waals surface area contributed by atoms with E-state index in [-0.39, 0.29) is 35.9 Å². The summed E-state index contributed by atoms with van der Waals surface area (Å²) in [5.41, 5.74) is 2.49. The summed E-state index contributed by atoms with van der Waals surface area (Å²) in [6.45, 7) is 6.76. The van der Waals surface area contributed by atoms with Crippen molar-refractivity contribution in [3.63, 3.8) is 0 Å². The minimum atomic E-state index is -0.0925. The van der Waals surface area contributed by atoms with Gasteiger partial charge >= 0.3 is 5.97 Å². The van der Waals surface area contributed by atoms with Gasteiger partial charge < -0.3 is 15.0 Å². The van der Waals surface area contributed by atoms with Crippen molar-refractivity contribution in [2.45, 2.75) is 33.1 Å². The second kappa shape index (κ2) is 11.3. The van der Waals surface area contributed by atoms with Crippen LogP contribution in [0.2, 0.25) is 0 Å². The third kappa shape index (κ3) is 6.45. The molecule has 140 valence electrons. The second-order valence-electron chi connectivity index (χ2n) is 6.06. The molecule has 1 aliphatic heterocycles. The molecule has 0 spiro atoms. The van der Waals surface area contributed by atoms with Crippen LogP contribution in [0, 0.1) is 12.8 Å². The molecular formula is C18H29IN4O2. The van der Waals surface area contributed by atoms with Crippen molar-refractivity contribution in [2.75, 3.05) is 33.3 Å². The predicted octanol–water partition coefficient (Wildman–Crippen LogP) is 2.40. The molecular weight excluding hydrogens is 431 g/mol. The molecule has 7 heteroatoms. The lowest BCUT2D eigenvalue weighted by Crippen LogP contribution is -2.48. The number of piperidine rings is 1. The van der Waals surface area contributed by atoms with E-state index in [9.17, 15) is 4.79 Å². The van der Waals surface area contributed by atoms with Gasteiger partial charge in [-0.15, -0.1) is 24.0 Å². The number of hydrogen-bond donors (Lipinski definition) is 1. The van der Waals surface area contributed by atoms with Gasteiger partial charge in [0.1, 0.15) is 0 Å². The lowest BCUT2D eigenvalue weighted by molar-refractivity contribution is -0.149. The van der Waals surface area contributed by atoms with Crippen LogP contribution in [0.4, 0.5) is 0 Å². The van der Waals surface area contributed by atoms with Crippen molar-refractivity contribution in [1.29, 1.82) is 0 Å². The van der Waals surface area contributed by atoms with Gasteiger partial charge in [0.25, 0.3) is 0 Å². The highest BCUT2D eigenvalue weighted by molar-refractivity contribution is 14.0. The molecule has 0 radical (unpaired) electrons. The van der Waals surface area contributed by atoms with Gasteiger partial charge in [0.2, 0.25) is 0 Å². The predicted molar refractivity (Wildman–Crippen MR) is 110 cm³/mol. The third-order valence-electron chi connectivity index (χ3n) is 4.37. The summed E-state index contributed by atoms with van der Waals surface area (Å²) in [6.07, 6.45) is 6.50. The van der Waals surface area contributed by atoms with Crippen LogP contribution in [-0.2, 0) is 16.0 Å². The first-order chi connectivity index (χ1) is 11.7. The Labute approximate surface area is 167 Å². The highest BCUT2D eigenvalue weighted by atomic mass is 127. The van der Waals surface area contributed by atoms with Gasteiger partial charge in [0.05, 0.1) is 12.5 Å². The highest BCUT2D eigenvalue weighted by Gasteiger charge is 2.28. The van der Waals surface area contributed by atoms with Crippen molar-refractivity contribution in [2.24, 2.45) is 10.9 Å². The van der Waals surface area contributed by atoms with Gasteiger partial charge in [0.15, 0.2) is 5.96 Å². The molecule has 1 unspecified atom stereocenters. The van der Waals surface area contributed by atoms with E-state index >= 15 is 0 Å². The number of esters is 1. The van der Waals surface area contributed by atoms with Crippen LogP contribution in [0.15, 0.2) is 23.5 Å². The molecule has 1 atom stereocenters. The van der Waals surface area contributed by atoms with E-state index in [1.54, 1.807) is 7.05 Å². The number of guanidine groups is 1. The molecule has 25 heavy (non-hydrogen) atoms. The fraction of sp³-hybridized carbons (Fsp3) is 0.611. The lowest BCUT2D eigenvalue weighted by Gasteiger charge is -2.34. The van der Waals surface area contributed by atoms with E-state index in [2.05, 4.69) is 33.2 Å². The average Bonchev–Trinajstić information content (AvgIpc) is 2.60. The molecule has 0 aromatic carbocycles. The minimum absolute atomic E-state index is 0. The van der Waals surface area contributed by atoms with Crippen molar-refractivity contribution < 1.29 is 9.53 Å². The highest BCUT2D eigenvalue weighted by Crippen LogP contribution is 2.18. The van der Waals surface area contributed by atoms with E-state index in [4.69, 9.17) is 4.74 Å². The van der Waals surface area contributed by atoms with Crippen LogP contribution in [0.1, 0.15) is 30.9 Å². The molecule has 1 fully saturated rings. The van der Waals surface area contributed by atoms with Crippen molar-refractivity contribution in [1.82, 2.24) is 15.2 Å². The van der Waals surface area contributed by atoms with Crippen LogP contribution in [0.25, 0.3) is 0 Å². The first-order valence-corrected chi connectivity index (χ1v) is 8.67. The number of carbonyl (C=O) groups is 1. The van der Waals surface area contributed by atoms with Crippen molar-refractivity contribution in [3.8, 4) is 0 Å². The summed E-state index contributed by atoms with van der Waals surface area (Å²) in [5.74, 6) is 0.709. The summed E-state index contributed by atoms with van der Waals surface area (Å²) in [4.78, 5) is 22.6. The summed E-state index contributed by atoms with van der Waals surface area (Å²) < 4.78 is 5.16. The zero-order valence-corrected chi connectivity index (χ0v) is 17.7. The number of pyridine rings is 1. The number of aromatic nitrogens is 1. The van der Waals surface area contributed by atoms with Gasteiger partial charge in [-0.3, -0.25) is 14.8 Å². The van der Waals surface area contributed by atoms with E-state index in [1.807, 2.05) is 19.3 Å². The molecule has 2 heterocycles. The smallest absolute Gasteiger partial charge is 0.310 e. The summed E-state index contributed by atoms with van der Waals surface area (Å²) in [7, 11) is 1.79. The molecule has 1 N–H and O–H groups in total. The number of aryl methyl sites for hydroxylation is 1. The number of aliphatic imine (C=N–C) groups is 1. The van der Waals surface area contributed by atoms with Gasteiger partial charge in [-0.1, -0.05) is 0 Å². The summed E-state index contributed by atoms with van der Waals surface area (Å²) in [5, 5.41) is 3.41. The largest absolute Gasteiger partial charge is 0.466 e. The van der Waals surface area contributed by atoms with Crippen LogP contribution < -0.4 is 5.32 Å². The molecule has 0 aliphatic carbocycles. The zero-order valence-electron chi connectivity index (χ0n) is 15.3. The van der Waals surface area contributed by atoms with Gasteiger partial charge in [-0.25, -0.2) is 0 Å². The fourth-order valence-electron chi connectivity index (χ4n) is 3.05. The number of ether oxygens (including phenoxy) is 1. The van der Waals surface area contributed by atoms with Crippen molar-refractivity contribution >= 4 is 35.9 Å². The average molecular weight is 460 g/mol. The van der Waals surface area contributed by atoms with Gasteiger partial charge in [0, 0.05) is 39.1 Å². The number of rotatable bonds is 5. The zero-order chi connectivity index (χ0) is 17.4. The van der Waals surface area contributed by atoms with Gasteiger partial charge in [-0.05, 0) is 50.3 Å². The second-order valence-corrected chi connectivity index (χ2v) is 6.06. The summed E-state index contributed by atoms with van der Waals surface area (Å²) in [6, 6.07) is 2.05. The monoisotopic (exact) mass is 460 g/mol. The van der Waals surface area contributed by atoms with E-state index < -0.39 is 0 Å². The Kier molecular flexibility index (Phi) is 9.77. The standard InChI is InChI=1S/C18H28N4O2.HI/c1-4-24-17(23)16-6-5-11-22(13-16)18(19-3)21-10-8-15-7-9-20-12-14(15)2;/h7,9,12,16H,4-6,8,10-11,13H2,1-3H3,(H,19,21);1H. The lowest BCUT2D eigenvalue weighted by atomic mass is 9.98. The number of carbonyl (C=O) groups excluding carboxylic acids is 1. The molecule has 1 aliphatic rings. The Bertz CT molecular complexity index is 580. The van der Waals surface area contributed by atoms with E-state index in [1.165, 1.54) is 11.1 Å². The number of hydrogen-bond acceptors (Lipinski definition) is 4. The SMILES string of the molecule is CCOC(=O)C1CCCN(C(=NC)NCCc2ccncc2C)C1.I. The maximum absolute atomic E-state index is 12.0. The Balaban J connectivity index is 0.00000312. The molecule has 1 aromatic heterocycles.